The van der Waals surface area contributed by atoms with Crippen molar-refractivity contribution >= 4 is 17.6 Å². The highest BCUT2D eigenvalue weighted by Crippen LogP contribution is 2.37. The molecule has 106 valence electrons. The molecule has 0 atom stereocenters. The summed E-state index contributed by atoms with van der Waals surface area (Å²) in [5, 5.41) is 0. The Kier molecular flexibility index (Phi) is 3.76. The minimum Gasteiger partial charge on any atom is -0.425 e. The average Bonchev–Trinajstić information content (AvgIpc) is 2.89. The molecule has 0 fully saturated rings. The van der Waals surface area contributed by atoms with Gasteiger partial charge < -0.3 is 4.74 Å². The Morgan fingerprint density at radius 3 is 2.35 bits per heavy atom. The molecule has 0 amide bonds. The molecular formula is C12H5F5O2S. The summed E-state index contributed by atoms with van der Waals surface area (Å²) >= 11 is 0.439. The van der Waals surface area contributed by atoms with Crippen LogP contribution in [0.5, 0.6) is 5.75 Å². The quantitative estimate of drug-likeness (QED) is 0.483. The summed E-state index contributed by atoms with van der Waals surface area (Å²) in [6.07, 6.45) is -3.61. The zero-order valence-electron chi connectivity index (χ0n) is 9.50. The van der Waals surface area contributed by atoms with E-state index < -0.39 is 34.2 Å². The third kappa shape index (κ3) is 2.64. The largest absolute Gasteiger partial charge is 0.436 e. The molecule has 0 unspecified atom stereocenters. The van der Waals surface area contributed by atoms with Gasteiger partial charge in [0.05, 0.1) is 4.88 Å². The van der Waals surface area contributed by atoms with Gasteiger partial charge in [0, 0.05) is 0 Å². The van der Waals surface area contributed by atoms with E-state index in [0.717, 1.165) is 12.1 Å². The van der Waals surface area contributed by atoms with Crippen molar-refractivity contribution in [1.82, 2.24) is 0 Å². The summed E-state index contributed by atoms with van der Waals surface area (Å²) in [5.41, 5.74) is 0. The third-order valence-electron chi connectivity index (χ3n) is 2.27. The highest BCUT2D eigenvalue weighted by Gasteiger charge is 2.37. The molecule has 1 heterocycles. The summed E-state index contributed by atoms with van der Waals surface area (Å²) in [7, 11) is 0. The van der Waals surface area contributed by atoms with E-state index in [9.17, 15) is 26.7 Å². The van der Waals surface area contributed by atoms with Crippen LogP contribution in [0, 0.1) is 17.5 Å². The van der Waals surface area contributed by atoms with E-state index in [2.05, 4.69) is 4.74 Å². The number of halogens is 5. The first-order chi connectivity index (χ1) is 9.35. The maximum atomic E-state index is 13.7. The van der Waals surface area contributed by atoms with Gasteiger partial charge in [-0.2, -0.15) is 13.2 Å². The normalized spacial score (nSPS) is 11.4. The molecule has 2 nitrogen and oxygen atoms in total. The number of rotatable bonds is 4. The van der Waals surface area contributed by atoms with Crippen LogP contribution in [0.25, 0.3) is 0 Å². The zero-order chi connectivity index (χ0) is 14.9. The van der Waals surface area contributed by atoms with Gasteiger partial charge in [0.15, 0.2) is 23.7 Å². The van der Waals surface area contributed by atoms with Crippen LogP contribution in [0.15, 0.2) is 24.3 Å². The summed E-state index contributed by atoms with van der Waals surface area (Å²) in [6, 6.07) is 3.07. The lowest BCUT2D eigenvalue weighted by Gasteiger charge is -2.17. The second kappa shape index (κ2) is 5.20. The van der Waals surface area contributed by atoms with E-state index >= 15 is 0 Å². The third-order valence-corrected chi connectivity index (χ3v) is 3.33. The standard InChI is InChI=1S/C12H5F5O2S/c13-7-2-3-8(11(15)10(7)14)19-12(16,17)9-4-1-6(5-18)20-9/h1-5H. The van der Waals surface area contributed by atoms with Gasteiger partial charge >= 0.3 is 6.11 Å². The molecule has 2 rings (SSSR count). The van der Waals surface area contributed by atoms with Gasteiger partial charge in [-0.25, -0.2) is 8.78 Å². The van der Waals surface area contributed by atoms with Crippen molar-refractivity contribution in [3.05, 3.63) is 51.5 Å². The molecule has 0 aliphatic rings. The van der Waals surface area contributed by atoms with Gasteiger partial charge in [-0.1, -0.05) is 0 Å². The van der Waals surface area contributed by atoms with Gasteiger partial charge in [-0.05, 0) is 24.3 Å². The highest BCUT2D eigenvalue weighted by atomic mass is 32.1. The Bertz CT molecular complexity index is 653. The lowest BCUT2D eigenvalue weighted by atomic mass is 10.3. The minimum atomic E-state index is -3.98. The Hall–Kier alpha value is -1.96. The molecule has 20 heavy (non-hydrogen) atoms. The molecule has 1 aromatic carbocycles. The summed E-state index contributed by atoms with van der Waals surface area (Å²) in [4.78, 5) is 9.77. The molecule has 0 bridgehead atoms. The molecule has 2 aromatic rings. The molecule has 1 aromatic heterocycles. The first kappa shape index (κ1) is 14.4. The number of benzene rings is 1. The monoisotopic (exact) mass is 308 g/mol. The number of carbonyl (C=O) groups is 1. The van der Waals surface area contributed by atoms with Crippen LogP contribution in [0.2, 0.25) is 0 Å². The minimum absolute atomic E-state index is 0.0223. The first-order valence-corrected chi connectivity index (χ1v) is 5.92. The van der Waals surface area contributed by atoms with Gasteiger partial charge in [0.1, 0.15) is 4.88 Å². The summed E-state index contributed by atoms with van der Waals surface area (Å²) < 4.78 is 70.3. The first-order valence-electron chi connectivity index (χ1n) is 5.11. The van der Waals surface area contributed by atoms with Gasteiger partial charge in [-0.15, -0.1) is 11.3 Å². The second-order valence-corrected chi connectivity index (χ2v) is 4.73. The van der Waals surface area contributed by atoms with Crippen molar-refractivity contribution in [2.45, 2.75) is 6.11 Å². The lowest BCUT2D eigenvalue weighted by Crippen LogP contribution is -2.21. The predicted octanol–water partition coefficient (Wildman–Crippen LogP) is 4.11. The van der Waals surface area contributed by atoms with Gasteiger partial charge in [0.2, 0.25) is 5.82 Å². The Morgan fingerprint density at radius 2 is 1.75 bits per heavy atom. The summed E-state index contributed by atoms with van der Waals surface area (Å²) in [5.74, 6) is -6.40. The molecule has 0 aliphatic heterocycles. The van der Waals surface area contributed by atoms with E-state index in [1.807, 2.05) is 0 Å². The Labute approximate surface area is 113 Å². The number of aldehydes is 1. The van der Waals surface area contributed by atoms with Crippen LogP contribution in [0.3, 0.4) is 0 Å². The fourth-order valence-electron chi connectivity index (χ4n) is 1.35. The Morgan fingerprint density at radius 1 is 1.05 bits per heavy atom. The van der Waals surface area contributed by atoms with E-state index in [-0.39, 0.29) is 4.88 Å². The number of carbonyl (C=O) groups excluding carboxylic acids is 1. The number of alkyl halides is 2. The van der Waals surface area contributed by atoms with Crippen molar-refractivity contribution in [3.8, 4) is 5.75 Å². The number of hydrogen-bond donors (Lipinski definition) is 0. The molecule has 0 N–H and O–H groups in total. The molecule has 8 heteroatoms. The molecule has 0 radical (unpaired) electrons. The van der Waals surface area contributed by atoms with Crippen LogP contribution in [0.1, 0.15) is 14.5 Å². The fraction of sp³-hybridized carbons (Fsp3) is 0.0833. The second-order valence-electron chi connectivity index (χ2n) is 3.61. The SMILES string of the molecule is O=Cc1ccc(C(F)(F)Oc2ccc(F)c(F)c2F)s1. The number of hydrogen-bond acceptors (Lipinski definition) is 3. The van der Waals surface area contributed by atoms with Crippen molar-refractivity contribution in [2.24, 2.45) is 0 Å². The molecular weight excluding hydrogens is 303 g/mol. The van der Waals surface area contributed by atoms with E-state index in [1.165, 1.54) is 0 Å². The number of ether oxygens (including phenoxy) is 1. The van der Waals surface area contributed by atoms with Gasteiger partial charge in [-0.3, -0.25) is 4.79 Å². The van der Waals surface area contributed by atoms with Crippen molar-refractivity contribution < 1.29 is 31.5 Å². The summed E-state index contributed by atoms with van der Waals surface area (Å²) in [6.45, 7) is 0. The number of thiophene rings is 1. The maximum Gasteiger partial charge on any atom is 0.436 e. The van der Waals surface area contributed by atoms with Crippen LogP contribution >= 0.6 is 11.3 Å². The molecule has 0 aliphatic carbocycles. The maximum absolute atomic E-state index is 13.7. The smallest absolute Gasteiger partial charge is 0.425 e. The average molecular weight is 308 g/mol. The molecule has 0 spiro atoms. The topological polar surface area (TPSA) is 26.3 Å². The fourth-order valence-corrected chi connectivity index (χ4v) is 2.08. The molecule has 0 saturated carbocycles. The predicted molar refractivity (Wildman–Crippen MR) is 60.5 cm³/mol. The van der Waals surface area contributed by atoms with Crippen molar-refractivity contribution in [2.75, 3.05) is 0 Å². The van der Waals surface area contributed by atoms with Crippen LogP contribution in [-0.2, 0) is 6.11 Å². The van der Waals surface area contributed by atoms with Crippen LogP contribution in [-0.4, -0.2) is 6.29 Å². The lowest BCUT2D eigenvalue weighted by molar-refractivity contribution is -0.184. The van der Waals surface area contributed by atoms with E-state index in [0.29, 0.717) is 29.8 Å². The molecule has 0 saturated heterocycles. The van der Waals surface area contributed by atoms with Crippen LogP contribution < -0.4 is 4.74 Å². The highest BCUT2D eigenvalue weighted by molar-refractivity contribution is 7.13. The van der Waals surface area contributed by atoms with E-state index in [1.54, 1.807) is 0 Å². The van der Waals surface area contributed by atoms with Crippen LogP contribution in [0.4, 0.5) is 22.0 Å². The Balaban J connectivity index is 2.32. The van der Waals surface area contributed by atoms with Crippen molar-refractivity contribution in [3.63, 3.8) is 0 Å². The van der Waals surface area contributed by atoms with Crippen molar-refractivity contribution in [1.29, 1.82) is 0 Å². The van der Waals surface area contributed by atoms with Gasteiger partial charge in [0.25, 0.3) is 0 Å². The zero-order valence-corrected chi connectivity index (χ0v) is 10.3. The van der Waals surface area contributed by atoms with E-state index in [4.69, 9.17) is 0 Å².